The van der Waals surface area contributed by atoms with E-state index in [0.29, 0.717) is 27.6 Å². The van der Waals surface area contributed by atoms with Crippen LogP contribution in [0.2, 0.25) is 0 Å². The topological polar surface area (TPSA) is 91.8 Å². The van der Waals surface area contributed by atoms with Crippen LogP contribution in [0.25, 0.3) is 11.3 Å². The lowest BCUT2D eigenvalue weighted by molar-refractivity contribution is -0.387. The number of aromatic nitrogens is 1. The van der Waals surface area contributed by atoms with Gasteiger partial charge in [0, 0.05) is 17.0 Å². The second-order valence-electron chi connectivity index (χ2n) is 5.23. The first kappa shape index (κ1) is 16.5. The molecule has 0 saturated carbocycles. The first-order chi connectivity index (χ1) is 12.0. The zero-order valence-electron chi connectivity index (χ0n) is 13.0. The number of nitro benzene ring substituents is 1. The van der Waals surface area contributed by atoms with Gasteiger partial charge in [-0.05, 0) is 30.7 Å². The summed E-state index contributed by atoms with van der Waals surface area (Å²) < 4.78 is 13.6. The number of nitro groups is 1. The smallest absolute Gasteiger partial charge is 0.306 e. The number of nitrogens with one attached hydrogen (secondary N) is 1. The highest BCUT2D eigenvalue weighted by molar-refractivity contribution is 7.14. The van der Waals surface area contributed by atoms with Crippen LogP contribution in [0.15, 0.2) is 41.8 Å². The molecule has 3 rings (SSSR count). The van der Waals surface area contributed by atoms with E-state index < -0.39 is 16.4 Å². The van der Waals surface area contributed by atoms with E-state index in [1.54, 1.807) is 31.2 Å². The summed E-state index contributed by atoms with van der Waals surface area (Å²) in [5, 5.41) is 25.1. The lowest BCUT2D eigenvalue weighted by Gasteiger charge is -2.07. The molecule has 0 fully saturated rings. The van der Waals surface area contributed by atoms with Gasteiger partial charge in [0.15, 0.2) is 5.13 Å². The molecule has 1 heterocycles. The van der Waals surface area contributed by atoms with Crippen molar-refractivity contribution in [1.29, 1.82) is 5.26 Å². The van der Waals surface area contributed by atoms with E-state index in [2.05, 4.69) is 16.4 Å². The SMILES string of the molecule is Cc1cc(F)c([N+](=O)[O-])cc1Nc1nc(-c2ccc(C#N)cc2)cs1. The molecule has 0 aliphatic rings. The van der Waals surface area contributed by atoms with Gasteiger partial charge in [0.1, 0.15) is 0 Å². The molecule has 0 bridgehead atoms. The first-order valence-electron chi connectivity index (χ1n) is 7.15. The van der Waals surface area contributed by atoms with Crippen molar-refractivity contribution >= 4 is 27.8 Å². The van der Waals surface area contributed by atoms with Crippen LogP contribution < -0.4 is 5.32 Å². The van der Waals surface area contributed by atoms with E-state index in [4.69, 9.17) is 5.26 Å². The van der Waals surface area contributed by atoms with Crippen LogP contribution in [0.4, 0.5) is 20.9 Å². The fraction of sp³-hybridized carbons (Fsp3) is 0.0588. The number of nitrogens with zero attached hydrogens (tertiary/aromatic N) is 3. The number of aryl methyl sites for hydroxylation is 1. The fourth-order valence-corrected chi connectivity index (χ4v) is 2.96. The van der Waals surface area contributed by atoms with Crippen LogP contribution in [0, 0.1) is 34.2 Å². The zero-order valence-corrected chi connectivity index (χ0v) is 13.8. The minimum absolute atomic E-state index is 0.425. The Kier molecular flexibility index (Phi) is 4.41. The fourth-order valence-electron chi connectivity index (χ4n) is 2.23. The van der Waals surface area contributed by atoms with Gasteiger partial charge in [-0.25, -0.2) is 4.98 Å². The Morgan fingerprint density at radius 2 is 2.04 bits per heavy atom. The molecule has 0 amide bonds. The Morgan fingerprint density at radius 1 is 1.32 bits per heavy atom. The lowest BCUT2D eigenvalue weighted by atomic mass is 10.1. The average Bonchev–Trinajstić information content (AvgIpc) is 3.05. The molecule has 25 heavy (non-hydrogen) atoms. The molecule has 0 aliphatic carbocycles. The maximum absolute atomic E-state index is 13.6. The van der Waals surface area contributed by atoms with Gasteiger partial charge in [0.2, 0.25) is 5.82 Å². The molecule has 0 radical (unpaired) electrons. The van der Waals surface area contributed by atoms with Gasteiger partial charge in [-0.2, -0.15) is 9.65 Å². The molecule has 0 atom stereocenters. The number of benzene rings is 2. The summed E-state index contributed by atoms with van der Waals surface area (Å²) in [5.74, 6) is -0.870. The van der Waals surface area contributed by atoms with Gasteiger partial charge >= 0.3 is 5.69 Å². The first-order valence-corrected chi connectivity index (χ1v) is 8.03. The van der Waals surface area contributed by atoms with Crippen LogP contribution in [0.3, 0.4) is 0 Å². The molecule has 1 aromatic heterocycles. The van der Waals surface area contributed by atoms with Crippen LogP contribution in [-0.2, 0) is 0 Å². The van der Waals surface area contributed by atoms with E-state index in [-0.39, 0.29) is 0 Å². The summed E-state index contributed by atoms with van der Waals surface area (Å²) in [6, 6.07) is 11.3. The van der Waals surface area contributed by atoms with E-state index in [9.17, 15) is 14.5 Å². The highest BCUT2D eigenvalue weighted by Crippen LogP contribution is 2.31. The number of rotatable bonds is 4. The highest BCUT2D eigenvalue weighted by atomic mass is 32.1. The molecule has 124 valence electrons. The normalized spacial score (nSPS) is 10.3. The van der Waals surface area contributed by atoms with Crippen molar-refractivity contribution in [3.05, 3.63) is 68.8 Å². The largest absolute Gasteiger partial charge is 0.331 e. The van der Waals surface area contributed by atoms with E-state index in [1.165, 1.54) is 11.3 Å². The Morgan fingerprint density at radius 3 is 2.68 bits per heavy atom. The minimum atomic E-state index is -0.870. The van der Waals surface area contributed by atoms with Crippen molar-refractivity contribution in [2.75, 3.05) is 5.32 Å². The number of thiazole rings is 1. The lowest BCUT2D eigenvalue weighted by Crippen LogP contribution is -1.98. The van der Waals surface area contributed by atoms with Crippen molar-refractivity contribution in [3.63, 3.8) is 0 Å². The van der Waals surface area contributed by atoms with Gasteiger partial charge in [0.25, 0.3) is 0 Å². The molecule has 3 aromatic rings. The Balaban J connectivity index is 1.87. The van der Waals surface area contributed by atoms with Crippen molar-refractivity contribution in [2.45, 2.75) is 6.92 Å². The van der Waals surface area contributed by atoms with Crippen molar-refractivity contribution in [2.24, 2.45) is 0 Å². The van der Waals surface area contributed by atoms with E-state index in [1.807, 2.05) is 5.38 Å². The van der Waals surface area contributed by atoms with Crippen molar-refractivity contribution in [3.8, 4) is 17.3 Å². The summed E-state index contributed by atoms with van der Waals surface area (Å²) in [7, 11) is 0. The number of hydrogen-bond acceptors (Lipinski definition) is 6. The molecule has 0 spiro atoms. The Hall–Kier alpha value is -3.31. The zero-order chi connectivity index (χ0) is 18.0. The van der Waals surface area contributed by atoms with Gasteiger partial charge < -0.3 is 5.32 Å². The maximum Gasteiger partial charge on any atom is 0.306 e. The number of nitriles is 1. The van der Waals surface area contributed by atoms with E-state index >= 15 is 0 Å². The third-order valence-electron chi connectivity index (χ3n) is 3.55. The number of anilines is 2. The number of hydrogen-bond donors (Lipinski definition) is 1. The molecule has 8 heteroatoms. The van der Waals surface area contributed by atoms with Gasteiger partial charge in [-0.15, -0.1) is 11.3 Å². The van der Waals surface area contributed by atoms with Gasteiger partial charge in [-0.3, -0.25) is 10.1 Å². The summed E-state index contributed by atoms with van der Waals surface area (Å²) in [6.45, 7) is 1.66. The molecular formula is C17H11FN4O2S. The summed E-state index contributed by atoms with van der Waals surface area (Å²) in [6.07, 6.45) is 0. The summed E-state index contributed by atoms with van der Waals surface area (Å²) in [4.78, 5) is 14.6. The second kappa shape index (κ2) is 6.67. The summed E-state index contributed by atoms with van der Waals surface area (Å²) in [5.41, 5.74) is 2.51. The van der Waals surface area contributed by atoms with Gasteiger partial charge in [0.05, 0.1) is 27.9 Å². The standard InChI is InChI=1S/C17H11FN4O2S/c1-10-6-13(18)16(22(23)24)7-14(10)20-17-21-15(9-25-17)12-4-2-11(8-19)3-5-12/h2-7,9H,1H3,(H,20,21). The minimum Gasteiger partial charge on any atom is -0.331 e. The highest BCUT2D eigenvalue weighted by Gasteiger charge is 2.17. The molecule has 6 nitrogen and oxygen atoms in total. The number of halogens is 1. The van der Waals surface area contributed by atoms with Crippen LogP contribution in [-0.4, -0.2) is 9.91 Å². The predicted octanol–water partition coefficient (Wildman–Crippen LogP) is 4.78. The quantitative estimate of drug-likeness (QED) is 0.537. The average molecular weight is 354 g/mol. The molecule has 1 N–H and O–H groups in total. The molecule has 0 unspecified atom stereocenters. The second-order valence-corrected chi connectivity index (χ2v) is 6.09. The third-order valence-corrected chi connectivity index (χ3v) is 4.30. The Labute approximate surface area is 146 Å². The molecular weight excluding hydrogens is 343 g/mol. The molecule has 0 saturated heterocycles. The van der Waals surface area contributed by atoms with Crippen LogP contribution in [0.5, 0.6) is 0 Å². The Bertz CT molecular complexity index is 993. The van der Waals surface area contributed by atoms with Crippen LogP contribution in [0.1, 0.15) is 11.1 Å². The monoisotopic (exact) mass is 354 g/mol. The van der Waals surface area contributed by atoms with Crippen molar-refractivity contribution in [1.82, 2.24) is 4.98 Å². The predicted molar refractivity (Wildman–Crippen MR) is 93.3 cm³/mol. The molecule has 2 aromatic carbocycles. The summed E-state index contributed by atoms with van der Waals surface area (Å²) >= 11 is 1.33. The maximum atomic E-state index is 13.6. The van der Waals surface area contributed by atoms with E-state index in [0.717, 1.165) is 17.7 Å². The van der Waals surface area contributed by atoms with Crippen LogP contribution >= 0.6 is 11.3 Å². The van der Waals surface area contributed by atoms with Crippen molar-refractivity contribution < 1.29 is 9.31 Å². The van der Waals surface area contributed by atoms with Gasteiger partial charge in [-0.1, -0.05) is 12.1 Å². The molecule has 0 aliphatic heterocycles. The third kappa shape index (κ3) is 3.46.